The molecule has 0 saturated heterocycles. The predicted octanol–water partition coefficient (Wildman–Crippen LogP) is 5.71. The number of rotatable bonds is 10. The zero-order valence-electron chi connectivity index (χ0n) is 19.4. The molecular weight excluding hydrogens is 447 g/mol. The largest absolute Gasteiger partial charge is 0.484 e. The second kappa shape index (κ2) is 12.1. The van der Waals surface area contributed by atoms with Gasteiger partial charge in [-0.25, -0.2) is 0 Å². The van der Waals surface area contributed by atoms with Crippen molar-refractivity contribution in [2.75, 3.05) is 6.61 Å². The minimum Gasteiger partial charge on any atom is -0.484 e. The Kier molecular flexibility index (Phi) is 9.85. The molecule has 0 unspecified atom stereocenters. The van der Waals surface area contributed by atoms with E-state index in [0.29, 0.717) is 22.2 Å². The molecule has 0 aliphatic heterocycles. The van der Waals surface area contributed by atoms with Crippen LogP contribution in [0, 0.1) is 13.8 Å². The molecule has 0 aliphatic carbocycles. The van der Waals surface area contributed by atoms with Crippen molar-refractivity contribution < 1.29 is 14.3 Å². The van der Waals surface area contributed by atoms with Crippen molar-refractivity contribution in [1.29, 1.82) is 0 Å². The van der Waals surface area contributed by atoms with Crippen LogP contribution in [0.1, 0.15) is 50.3 Å². The average molecular weight is 479 g/mol. The van der Waals surface area contributed by atoms with Gasteiger partial charge in [0.25, 0.3) is 5.91 Å². The summed E-state index contributed by atoms with van der Waals surface area (Å²) in [7, 11) is 0. The monoisotopic (exact) mass is 478 g/mol. The maximum Gasteiger partial charge on any atom is 0.261 e. The molecule has 0 radical (unpaired) electrons. The molecule has 0 bridgehead atoms. The lowest BCUT2D eigenvalue weighted by Gasteiger charge is -2.31. The number of hydrogen-bond acceptors (Lipinski definition) is 3. The van der Waals surface area contributed by atoms with Crippen LogP contribution < -0.4 is 10.1 Å². The number of halogens is 2. The third kappa shape index (κ3) is 7.42. The first-order valence-corrected chi connectivity index (χ1v) is 11.6. The van der Waals surface area contributed by atoms with E-state index < -0.39 is 6.04 Å². The fraction of sp³-hybridized carbons (Fsp3) is 0.440. The molecular formula is C25H32Cl2N2O3. The topological polar surface area (TPSA) is 58.6 Å². The van der Waals surface area contributed by atoms with Gasteiger partial charge in [0.15, 0.2) is 6.61 Å². The van der Waals surface area contributed by atoms with Gasteiger partial charge in [-0.2, -0.15) is 0 Å². The van der Waals surface area contributed by atoms with E-state index in [4.69, 9.17) is 27.9 Å². The predicted molar refractivity (Wildman–Crippen MR) is 130 cm³/mol. The summed E-state index contributed by atoms with van der Waals surface area (Å²) in [6.07, 6.45) is 1.28. The lowest BCUT2D eigenvalue weighted by molar-refractivity contribution is -0.143. The van der Waals surface area contributed by atoms with E-state index in [0.717, 1.165) is 23.1 Å². The molecule has 32 heavy (non-hydrogen) atoms. The highest BCUT2D eigenvalue weighted by Gasteiger charge is 2.29. The van der Waals surface area contributed by atoms with Crippen LogP contribution in [0.5, 0.6) is 5.75 Å². The molecule has 2 aromatic carbocycles. The molecule has 0 aliphatic rings. The van der Waals surface area contributed by atoms with Crippen LogP contribution in [-0.2, 0) is 16.1 Å². The number of ether oxygens (including phenoxy) is 1. The van der Waals surface area contributed by atoms with Crippen molar-refractivity contribution in [3.8, 4) is 5.75 Å². The van der Waals surface area contributed by atoms with Gasteiger partial charge in [0.1, 0.15) is 11.8 Å². The van der Waals surface area contributed by atoms with Crippen molar-refractivity contribution in [2.45, 2.75) is 66.1 Å². The Hall–Kier alpha value is -2.24. The minimum absolute atomic E-state index is 0.0185. The third-order valence-electron chi connectivity index (χ3n) is 5.28. The zero-order valence-corrected chi connectivity index (χ0v) is 20.9. The Morgan fingerprint density at radius 3 is 2.22 bits per heavy atom. The van der Waals surface area contributed by atoms with Gasteiger partial charge < -0.3 is 15.0 Å². The number of carbonyl (C=O) groups is 2. The van der Waals surface area contributed by atoms with E-state index in [-0.39, 0.29) is 31.0 Å². The quantitative estimate of drug-likeness (QED) is 0.475. The summed E-state index contributed by atoms with van der Waals surface area (Å²) >= 11 is 12.2. The SMILES string of the molecule is CC[C@@H](C)NC(=O)[C@@H](CC)N(Cc1ccc(Cl)c(Cl)c1)C(=O)COc1cc(C)cc(C)c1. The standard InChI is InChI=1S/C25H32Cl2N2O3/c1-6-18(5)28-25(31)23(7-2)29(14-19-8-9-21(26)22(27)13-19)24(30)15-32-20-11-16(3)10-17(4)12-20/h8-13,18,23H,6-7,14-15H2,1-5H3,(H,28,31)/t18-,23-/m1/s1. The molecule has 5 nitrogen and oxygen atoms in total. The van der Waals surface area contributed by atoms with E-state index in [9.17, 15) is 9.59 Å². The molecule has 2 rings (SSSR count). The van der Waals surface area contributed by atoms with Gasteiger partial charge >= 0.3 is 0 Å². The smallest absolute Gasteiger partial charge is 0.261 e. The van der Waals surface area contributed by atoms with Gasteiger partial charge in [-0.1, -0.05) is 49.2 Å². The Balaban J connectivity index is 2.26. The van der Waals surface area contributed by atoms with Gasteiger partial charge in [-0.3, -0.25) is 9.59 Å². The molecule has 174 valence electrons. The molecule has 2 aromatic rings. The number of aryl methyl sites for hydroxylation is 2. The molecule has 0 fully saturated rings. The summed E-state index contributed by atoms with van der Waals surface area (Å²) in [5.41, 5.74) is 2.90. The van der Waals surface area contributed by atoms with Crippen LogP contribution in [0.2, 0.25) is 10.0 Å². The Morgan fingerprint density at radius 1 is 1.00 bits per heavy atom. The Bertz CT molecular complexity index is 929. The van der Waals surface area contributed by atoms with Gasteiger partial charge in [0.05, 0.1) is 10.0 Å². The highest BCUT2D eigenvalue weighted by molar-refractivity contribution is 6.42. The van der Waals surface area contributed by atoms with E-state index in [1.807, 2.05) is 52.8 Å². The highest BCUT2D eigenvalue weighted by atomic mass is 35.5. The number of benzene rings is 2. The second-order valence-corrected chi connectivity index (χ2v) is 8.94. The van der Waals surface area contributed by atoms with E-state index in [1.54, 1.807) is 23.1 Å². The molecule has 0 saturated carbocycles. The Morgan fingerprint density at radius 2 is 1.66 bits per heavy atom. The Labute approximate surface area is 201 Å². The fourth-order valence-electron chi connectivity index (χ4n) is 3.44. The van der Waals surface area contributed by atoms with Crippen LogP contribution in [0.4, 0.5) is 0 Å². The number of nitrogens with one attached hydrogen (secondary N) is 1. The molecule has 7 heteroatoms. The lowest BCUT2D eigenvalue weighted by Crippen LogP contribution is -2.51. The van der Waals surface area contributed by atoms with Gasteiger partial charge in [-0.15, -0.1) is 0 Å². The maximum atomic E-state index is 13.3. The number of hydrogen-bond donors (Lipinski definition) is 1. The van der Waals surface area contributed by atoms with Crippen LogP contribution in [0.15, 0.2) is 36.4 Å². The number of nitrogens with zero attached hydrogens (tertiary/aromatic N) is 1. The molecule has 2 atom stereocenters. The first-order chi connectivity index (χ1) is 15.1. The van der Waals surface area contributed by atoms with Crippen molar-refractivity contribution in [2.24, 2.45) is 0 Å². The first-order valence-electron chi connectivity index (χ1n) is 10.9. The first kappa shape index (κ1) is 26.0. The maximum absolute atomic E-state index is 13.3. The molecule has 2 amide bonds. The van der Waals surface area contributed by atoms with Crippen molar-refractivity contribution in [3.63, 3.8) is 0 Å². The molecule has 0 spiro atoms. The van der Waals surface area contributed by atoms with Crippen LogP contribution >= 0.6 is 23.2 Å². The number of carbonyl (C=O) groups excluding carboxylic acids is 2. The third-order valence-corrected chi connectivity index (χ3v) is 6.02. The summed E-state index contributed by atoms with van der Waals surface area (Å²) in [4.78, 5) is 27.8. The summed E-state index contributed by atoms with van der Waals surface area (Å²) in [5, 5.41) is 3.83. The van der Waals surface area contributed by atoms with E-state index in [1.165, 1.54) is 0 Å². The van der Waals surface area contributed by atoms with E-state index in [2.05, 4.69) is 5.32 Å². The summed E-state index contributed by atoms with van der Waals surface area (Å²) in [5.74, 6) is 0.172. The van der Waals surface area contributed by atoms with Gasteiger partial charge in [0, 0.05) is 12.6 Å². The summed E-state index contributed by atoms with van der Waals surface area (Å²) < 4.78 is 5.80. The summed E-state index contributed by atoms with van der Waals surface area (Å²) in [6, 6.07) is 10.4. The average Bonchev–Trinajstić information content (AvgIpc) is 2.73. The lowest BCUT2D eigenvalue weighted by atomic mass is 10.1. The van der Waals surface area contributed by atoms with Crippen LogP contribution in [0.25, 0.3) is 0 Å². The van der Waals surface area contributed by atoms with E-state index >= 15 is 0 Å². The second-order valence-electron chi connectivity index (χ2n) is 8.12. The normalized spacial score (nSPS) is 12.7. The minimum atomic E-state index is -0.631. The molecule has 1 N–H and O–H groups in total. The molecule has 0 heterocycles. The van der Waals surface area contributed by atoms with Gasteiger partial charge in [0.2, 0.25) is 5.91 Å². The van der Waals surface area contributed by atoms with Crippen LogP contribution in [-0.4, -0.2) is 35.4 Å². The van der Waals surface area contributed by atoms with Crippen molar-refractivity contribution in [3.05, 3.63) is 63.1 Å². The number of amides is 2. The van der Waals surface area contributed by atoms with Gasteiger partial charge in [-0.05, 0) is 74.6 Å². The molecule has 0 aromatic heterocycles. The van der Waals surface area contributed by atoms with Crippen molar-refractivity contribution >= 4 is 35.0 Å². The van der Waals surface area contributed by atoms with Crippen LogP contribution in [0.3, 0.4) is 0 Å². The fourth-order valence-corrected chi connectivity index (χ4v) is 3.76. The van der Waals surface area contributed by atoms with Crippen molar-refractivity contribution in [1.82, 2.24) is 10.2 Å². The highest BCUT2D eigenvalue weighted by Crippen LogP contribution is 2.24. The summed E-state index contributed by atoms with van der Waals surface area (Å²) in [6.45, 7) is 9.84. The zero-order chi connectivity index (χ0) is 23.8.